The highest BCUT2D eigenvalue weighted by Gasteiger charge is 2.35. The van der Waals surface area contributed by atoms with E-state index in [4.69, 9.17) is 4.74 Å². The fourth-order valence-electron chi connectivity index (χ4n) is 3.26. The third-order valence-electron chi connectivity index (χ3n) is 4.81. The molecule has 1 aromatic rings. The van der Waals surface area contributed by atoms with E-state index in [9.17, 15) is 9.59 Å². The van der Waals surface area contributed by atoms with E-state index in [1.807, 2.05) is 24.3 Å². The molecule has 6 nitrogen and oxygen atoms in total. The Morgan fingerprint density at radius 2 is 2.00 bits per heavy atom. The predicted octanol–water partition coefficient (Wildman–Crippen LogP) is 1.30. The van der Waals surface area contributed by atoms with Crippen molar-refractivity contribution in [2.45, 2.75) is 38.8 Å². The quantitative estimate of drug-likeness (QED) is 0.842. The Balaban J connectivity index is 2.04. The van der Waals surface area contributed by atoms with Gasteiger partial charge in [-0.1, -0.05) is 18.2 Å². The molecule has 0 bridgehead atoms. The molecule has 1 aliphatic heterocycles. The van der Waals surface area contributed by atoms with Gasteiger partial charge < -0.3 is 15.0 Å². The average molecular weight is 347 g/mol. The average Bonchev–Trinajstić information content (AvgIpc) is 2.64. The SMILES string of the molecule is CNC(=O)C1CN(C(C)C)CCN1C(=O)CCc1ccccc1OC. The third-order valence-corrected chi connectivity index (χ3v) is 4.81. The van der Waals surface area contributed by atoms with Crippen LogP contribution in [-0.2, 0) is 16.0 Å². The minimum atomic E-state index is -0.425. The van der Waals surface area contributed by atoms with Crippen LogP contribution in [0.1, 0.15) is 25.8 Å². The van der Waals surface area contributed by atoms with Gasteiger partial charge in [0, 0.05) is 39.1 Å². The number of carbonyl (C=O) groups is 2. The molecule has 0 spiro atoms. The first-order valence-corrected chi connectivity index (χ1v) is 8.85. The van der Waals surface area contributed by atoms with Crippen LogP contribution in [0.5, 0.6) is 5.75 Å². The molecule has 138 valence electrons. The summed E-state index contributed by atoms with van der Waals surface area (Å²) in [5.74, 6) is 0.710. The summed E-state index contributed by atoms with van der Waals surface area (Å²) in [7, 11) is 3.25. The highest BCUT2D eigenvalue weighted by molar-refractivity contribution is 5.88. The second-order valence-electron chi connectivity index (χ2n) is 6.62. The zero-order valence-electron chi connectivity index (χ0n) is 15.6. The molecule has 1 saturated heterocycles. The van der Waals surface area contributed by atoms with Gasteiger partial charge in [-0.25, -0.2) is 0 Å². The maximum atomic E-state index is 12.8. The molecule has 1 aliphatic rings. The lowest BCUT2D eigenvalue weighted by Crippen LogP contribution is -2.61. The van der Waals surface area contributed by atoms with Crippen LogP contribution < -0.4 is 10.1 Å². The fraction of sp³-hybridized carbons (Fsp3) is 0.579. The number of para-hydroxylation sites is 1. The molecule has 2 amide bonds. The molecule has 0 aromatic heterocycles. The van der Waals surface area contributed by atoms with Gasteiger partial charge in [0.25, 0.3) is 0 Å². The maximum Gasteiger partial charge on any atom is 0.243 e. The summed E-state index contributed by atoms with van der Waals surface area (Å²) in [5.41, 5.74) is 1.01. The van der Waals surface area contributed by atoms with E-state index in [2.05, 4.69) is 24.1 Å². The molecule has 1 unspecified atom stereocenters. The first-order valence-electron chi connectivity index (χ1n) is 8.85. The van der Waals surface area contributed by atoms with E-state index in [1.54, 1.807) is 19.1 Å². The second-order valence-corrected chi connectivity index (χ2v) is 6.62. The van der Waals surface area contributed by atoms with Gasteiger partial charge >= 0.3 is 0 Å². The molecule has 2 rings (SSSR count). The number of benzene rings is 1. The van der Waals surface area contributed by atoms with Gasteiger partial charge in [0.2, 0.25) is 11.8 Å². The minimum absolute atomic E-state index is 0.0166. The minimum Gasteiger partial charge on any atom is -0.496 e. The largest absolute Gasteiger partial charge is 0.496 e. The molecule has 1 atom stereocenters. The van der Waals surface area contributed by atoms with Gasteiger partial charge in [-0.2, -0.15) is 0 Å². The van der Waals surface area contributed by atoms with E-state index in [0.29, 0.717) is 32.0 Å². The number of ether oxygens (including phenoxy) is 1. The van der Waals surface area contributed by atoms with Crippen molar-refractivity contribution in [2.75, 3.05) is 33.8 Å². The number of aryl methyl sites for hydroxylation is 1. The molecule has 1 N–H and O–H groups in total. The van der Waals surface area contributed by atoms with Crippen molar-refractivity contribution in [1.29, 1.82) is 0 Å². The zero-order valence-corrected chi connectivity index (χ0v) is 15.6. The monoisotopic (exact) mass is 347 g/mol. The van der Waals surface area contributed by atoms with Crippen LogP contribution in [0.3, 0.4) is 0 Å². The first-order chi connectivity index (χ1) is 12.0. The Hall–Kier alpha value is -2.08. The highest BCUT2D eigenvalue weighted by atomic mass is 16.5. The fourth-order valence-corrected chi connectivity index (χ4v) is 3.26. The predicted molar refractivity (Wildman–Crippen MR) is 97.6 cm³/mol. The van der Waals surface area contributed by atoms with E-state index < -0.39 is 6.04 Å². The first kappa shape index (κ1) is 19.2. The number of nitrogens with one attached hydrogen (secondary N) is 1. The lowest BCUT2D eigenvalue weighted by atomic mass is 10.1. The number of likely N-dealkylation sites (N-methyl/N-ethyl adjacent to an activating group) is 1. The van der Waals surface area contributed by atoms with Gasteiger partial charge in [-0.3, -0.25) is 14.5 Å². The number of rotatable bonds is 6. The molecule has 1 heterocycles. The maximum absolute atomic E-state index is 12.8. The Morgan fingerprint density at radius 3 is 2.64 bits per heavy atom. The van der Waals surface area contributed by atoms with Crippen LogP contribution in [0.15, 0.2) is 24.3 Å². The van der Waals surface area contributed by atoms with Crippen molar-refractivity contribution in [3.63, 3.8) is 0 Å². The second kappa shape index (κ2) is 8.85. The summed E-state index contributed by atoms with van der Waals surface area (Å²) in [6.07, 6.45) is 0.975. The van der Waals surface area contributed by atoms with Crippen molar-refractivity contribution in [3.05, 3.63) is 29.8 Å². The van der Waals surface area contributed by atoms with E-state index in [0.717, 1.165) is 17.9 Å². The molecule has 6 heteroatoms. The molecule has 0 radical (unpaired) electrons. The van der Waals surface area contributed by atoms with Gasteiger partial charge in [-0.05, 0) is 31.9 Å². The lowest BCUT2D eigenvalue weighted by molar-refractivity contribution is -0.144. The summed E-state index contributed by atoms with van der Waals surface area (Å²) in [5, 5.41) is 2.69. The van der Waals surface area contributed by atoms with Crippen LogP contribution in [0.25, 0.3) is 0 Å². The number of methoxy groups -OCH3 is 1. The number of hydrogen-bond acceptors (Lipinski definition) is 4. The number of amides is 2. The zero-order chi connectivity index (χ0) is 18.4. The molecular weight excluding hydrogens is 318 g/mol. The Kier molecular flexibility index (Phi) is 6.82. The Labute approximate surface area is 150 Å². The summed E-state index contributed by atoms with van der Waals surface area (Å²) in [4.78, 5) is 29.0. The smallest absolute Gasteiger partial charge is 0.243 e. The van der Waals surface area contributed by atoms with Crippen molar-refractivity contribution in [3.8, 4) is 5.75 Å². The molecule has 1 fully saturated rings. The lowest BCUT2D eigenvalue weighted by Gasteiger charge is -2.42. The van der Waals surface area contributed by atoms with Crippen LogP contribution in [0, 0.1) is 0 Å². The summed E-state index contributed by atoms with van der Waals surface area (Å²) in [6, 6.07) is 7.66. The van der Waals surface area contributed by atoms with E-state index in [-0.39, 0.29) is 11.8 Å². The van der Waals surface area contributed by atoms with Crippen LogP contribution in [0.4, 0.5) is 0 Å². The summed E-state index contributed by atoms with van der Waals surface area (Å²) >= 11 is 0. The highest BCUT2D eigenvalue weighted by Crippen LogP contribution is 2.20. The van der Waals surface area contributed by atoms with Crippen molar-refractivity contribution in [2.24, 2.45) is 0 Å². The third kappa shape index (κ3) is 4.72. The van der Waals surface area contributed by atoms with Gasteiger partial charge in [0.1, 0.15) is 11.8 Å². The van der Waals surface area contributed by atoms with Crippen LogP contribution in [-0.4, -0.2) is 67.5 Å². The molecule has 1 aromatic carbocycles. The number of hydrogen-bond donors (Lipinski definition) is 1. The van der Waals surface area contributed by atoms with Crippen molar-refractivity contribution < 1.29 is 14.3 Å². The number of nitrogens with zero attached hydrogens (tertiary/aromatic N) is 2. The van der Waals surface area contributed by atoms with Crippen LogP contribution in [0.2, 0.25) is 0 Å². The normalized spacial score (nSPS) is 18.3. The Morgan fingerprint density at radius 1 is 1.28 bits per heavy atom. The summed E-state index contributed by atoms with van der Waals surface area (Å²) < 4.78 is 5.34. The van der Waals surface area contributed by atoms with Crippen molar-refractivity contribution in [1.82, 2.24) is 15.1 Å². The van der Waals surface area contributed by atoms with E-state index >= 15 is 0 Å². The topological polar surface area (TPSA) is 61.9 Å². The molecule has 25 heavy (non-hydrogen) atoms. The van der Waals surface area contributed by atoms with Gasteiger partial charge in [0.05, 0.1) is 7.11 Å². The number of carbonyl (C=O) groups excluding carboxylic acids is 2. The molecule has 0 aliphatic carbocycles. The standard InChI is InChI=1S/C19H29N3O3/c1-14(2)21-11-12-22(16(13-21)19(24)20-3)18(23)10-9-15-7-5-6-8-17(15)25-4/h5-8,14,16H,9-13H2,1-4H3,(H,20,24). The van der Waals surface area contributed by atoms with Gasteiger partial charge in [-0.15, -0.1) is 0 Å². The van der Waals surface area contributed by atoms with Crippen molar-refractivity contribution >= 4 is 11.8 Å². The van der Waals surface area contributed by atoms with Crippen LogP contribution >= 0.6 is 0 Å². The molecular formula is C19H29N3O3. The number of piperazine rings is 1. The molecule has 0 saturated carbocycles. The Bertz CT molecular complexity index is 603. The van der Waals surface area contributed by atoms with Gasteiger partial charge in [0.15, 0.2) is 0 Å². The van der Waals surface area contributed by atoms with E-state index in [1.165, 1.54) is 0 Å². The summed E-state index contributed by atoms with van der Waals surface area (Å²) in [6.45, 7) is 6.18.